The van der Waals surface area contributed by atoms with E-state index in [2.05, 4.69) is 19.2 Å². The summed E-state index contributed by atoms with van der Waals surface area (Å²) in [6.45, 7) is 9.00. The molecule has 0 fully saturated rings. The predicted molar refractivity (Wildman–Crippen MR) is 253 cm³/mol. The first-order valence-electron chi connectivity index (χ1n) is 25.5. The maximum Gasteiger partial charge on any atom is 0.336 e. The first kappa shape index (κ1) is 59.1. The van der Waals surface area contributed by atoms with Crippen LogP contribution < -0.4 is 33.9 Å². The van der Waals surface area contributed by atoms with E-state index in [4.69, 9.17) is 18.9 Å². The van der Waals surface area contributed by atoms with Crippen LogP contribution in [0.25, 0.3) is 0 Å². The Morgan fingerprint density at radius 1 is 0.500 bits per heavy atom. The Labute approximate surface area is 406 Å². The lowest BCUT2D eigenvalue weighted by Crippen LogP contribution is -3.00. The zero-order valence-electron chi connectivity index (χ0n) is 41.0. The van der Waals surface area contributed by atoms with E-state index in [0.717, 1.165) is 31.2 Å². The standard InChI is InChI=1S/C53H88N2O8.HI/c1-6-8-10-12-14-16-18-20-22-24-26-28-30-39-60-47(56)36-33-41-62-52(58)49-44(3)54-45(4)50(51(49)46-35-32-38-55(5)43-46)53(59)63-42-34-37-48(57)61-40-31-29-27-25-23-21-19-17-15-13-11-9-7-2;/h32,35,38,43,51H,6-31,33-34,36-37,39-42H2,1-5H3;1H. The van der Waals surface area contributed by atoms with Crippen LogP contribution in [0.2, 0.25) is 0 Å². The first-order chi connectivity index (χ1) is 30.7. The van der Waals surface area contributed by atoms with E-state index in [1.54, 1.807) is 13.8 Å². The second-order valence-electron chi connectivity index (χ2n) is 17.8. The number of esters is 4. The zero-order chi connectivity index (χ0) is 45.8. The molecule has 0 radical (unpaired) electrons. The number of ether oxygens (including phenoxy) is 4. The van der Waals surface area contributed by atoms with Gasteiger partial charge in [0.15, 0.2) is 12.4 Å². The largest absolute Gasteiger partial charge is 1.00 e. The van der Waals surface area contributed by atoms with Crippen molar-refractivity contribution in [1.82, 2.24) is 5.32 Å². The summed E-state index contributed by atoms with van der Waals surface area (Å²) in [4.78, 5) is 52.3. The Bertz CT molecular complexity index is 1410. The van der Waals surface area contributed by atoms with Gasteiger partial charge in [0.2, 0.25) is 0 Å². The Balaban J connectivity index is 0.0000205. The van der Waals surface area contributed by atoms with Gasteiger partial charge in [0.25, 0.3) is 0 Å². The lowest BCUT2D eigenvalue weighted by atomic mass is 9.81. The lowest BCUT2D eigenvalue weighted by Gasteiger charge is -2.30. The van der Waals surface area contributed by atoms with Crippen LogP contribution in [0, 0.1) is 0 Å². The Kier molecular flexibility index (Phi) is 36.2. The van der Waals surface area contributed by atoms with Crippen molar-refractivity contribution in [3.63, 3.8) is 0 Å². The summed E-state index contributed by atoms with van der Waals surface area (Å²) in [5.74, 6) is -2.46. The molecule has 0 bridgehead atoms. The van der Waals surface area contributed by atoms with E-state index < -0.39 is 17.9 Å². The summed E-state index contributed by atoms with van der Waals surface area (Å²) < 4.78 is 24.2. The highest BCUT2D eigenvalue weighted by atomic mass is 127. The van der Waals surface area contributed by atoms with Crippen LogP contribution in [0.3, 0.4) is 0 Å². The van der Waals surface area contributed by atoms with Crippen molar-refractivity contribution < 1.29 is 66.7 Å². The highest BCUT2D eigenvalue weighted by Crippen LogP contribution is 2.39. The number of carbonyl (C=O) groups excluding carboxylic acids is 4. The molecule has 1 aliphatic heterocycles. The molecule has 1 aromatic rings. The number of nitrogens with one attached hydrogen (secondary N) is 1. The summed E-state index contributed by atoms with van der Waals surface area (Å²) >= 11 is 0. The number of hydrogen-bond acceptors (Lipinski definition) is 9. The van der Waals surface area contributed by atoms with Crippen molar-refractivity contribution >= 4 is 23.9 Å². The monoisotopic (exact) mass is 1010 g/mol. The van der Waals surface area contributed by atoms with Crippen molar-refractivity contribution in [2.45, 2.75) is 226 Å². The number of dihydropyridines is 1. The van der Waals surface area contributed by atoms with E-state index >= 15 is 0 Å². The average molecular weight is 1010 g/mol. The van der Waals surface area contributed by atoms with Gasteiger partial charge in [-0.25, -0.2) is 14.2 Å². The van der Waals surface area contributed by atoms with Gasteiger partial charge in [-0.1, -0.05) is 168 Å². The molecule has 2 heterocycles. The molecule has 0 aliphatic carbocycles. The van der Waals surface area contributed by atoms with Gasteiger partial charge < -0.3 is 48.2 Å². The fourth-order valence-electron chi connectivity index (χ4n) is 8.32. The molecule has 0 spiro atoms. The third-order valence-corrected chi connectivity index (χ3v) is 12.0. The molecule has 0 atom stereocenters. The van der Waals surface area contributed by atoms with E-state index in [0.29, 0.717) is 48.6 Å². The normalized spacial score (nSPS) is 12.8. The average Bonchev–Trinajstić information content (AvgIpc) is 3.26. The summed E-state index contributed by atoms with van der Waals surface area (Å²) in [5.41, 5.74) is 2.50. The fraction of sp³-hybridized carbons (Fsp3) is 0.755. The van der Waals surface area contributed by atoms with Crippen LogP contribution in [0.15, 0.2) is 47.1 Å². The number of halogens is 1. The van der Waals surface area contributed by atoms with Crippen LogP contribution in [-0.2, 0) is 45.2 Å². The molecule has 1 aliphatic rings. The maximum absolute atomic E-state index is 13.7. The predicted octanol–water partition coefficient (Wildman–Crippen LogP) is 9.67. The quantitative estimate of drug-likeness (QED) is 0.0226. The third kappa shape index (κ3) is 27.5. The summed E-state index contributed by atoms with van der Waals surface area (Å²) in [7, 11) is 1.88. The molecule has 0 saturated carbocycles. The highest BCUT2D eigenvalue weighted by molar-refractivity contribution is 5.99. The summed E-state index contributed by atoms with van der Waals surface area (Å²) in [6, 6.07) is 3.74. The Hall–Kier alpha value is -2.96. The SMILES string of the molecule is CCCCCCCCCCCCCCCOC(=O)CCCOC(=O)C1=C(C)NC(C)=C(C(=O)OCCCC(=O)OCCCCCCCCCCCCCCC)C1c1ccc[n+](C)c1.[I-]. The van der Waals surface area contributed by atoms with Gasteiger partial charge in [-0.2, -0.15) is 0 Å². The van der Waals surface area contributed by atoms with Crippen molar-refractivity contribution in [1.29, 1.82) is 0 Å². The second kappa shape index (κ2) is 39.2. The summed E-state index contributed by atoms with van der Waals surface area (Å²) in [5, 5.41) is 3.20. The number of allylic oxidation sites excluding steroid dienone is 2. The van der Waals surface area contributed by atoms with E-state index in [1.165, 1.54) is 141 Å². The minimum atomic E-state index is -0.741. The molecular formula is C53H89IN2O8. The van der Waals surface area contributed by atoms with Crippen LogP contribution in [-0.4, -0.2) is 50.3 Å². The van der Waals surface area contributed by atoms with E-state index in [9.17, 15) is 19.2 Å². The number of pyridine rings is 1. The number of unbranched alkanes of at least 4 members (excludes halogenated alkanes) is 24. The van der Waals surface area contributed by atoms with Gasteiger partial charge in [0.1, 0.15) is 7.05 Å². The minimum Gasteiger partial charge on any atom is -1.00 e. The molecule has 1 aromatic heterocycles. The Morgan fingerprint density at radius 3 is 1.17 bits per heavy atom. The molecule has 64 heavy (non-hydrogen) atoms. The van der Waals surface area contributed by atoms with Crippen molar-refractivity contribution in [2.75, 3.05) is 26.4 Å². The molecule has 0 aromatic carbocycles. The molecule has 0 unspecified atom stereocenters. The van der Waals surface area contributed by atoms with Crippen molar-refractivity contribution in [3.05, 3.63) is 52.6 Å². The topological polar surface area (TPSA) is 121 Å². The maximum atomic E-state index is 13.7. The van der Waals surface area contributed by atoms with Gasteiger partial charge in [-0.15, -0.1) is 0 Å². The fourth-order valence-corrected chi connectivity index (χ4v) is 8.32. The molecular weight excluding hydrogens is 919 g/mol. The number of nitrogens with zero attached hydrogens (tertiary/aromatic N) is 1. The van der Waals surface area contributed by atoms with Gasteiger partial charge in [0.05, 0.1) is 43.5 Å². The molecule has 0 saturated heterocycles. The van der Waals surface area contributed by atoms with Gasteiger partial charge >= 0.3 is 23.9 Å². The molecule has 366 valence electrons. The molecule has 1 N–H and O–H groups in total. The smallest absolute Gasteiger partial charge is 0.336 e. The summed E-state index contributed by atoms with van der Waals surface area (Å²) in [6.07, 6.45) is 37.6. The molecule has 2 rings (SSSR count). The molecule has 10 nitrogen and oxygen atoms in total. The van der Waals surface area contributed by atoms with Crippen molar-refractivity contribution in [2.24, 2.45) is 7.05 Å². The van der Waals surface area contributed by atoms with Crippen LogP contribution >= 0.6 is 0 Å². The first-order valence-corrected chi connectivity index (χ1v) is 25.5. The minimum absolute atomic E-state index is 0. The Morgan fingerprint density at radius 2 is 0.828 bits per heavy atom. The third-order valence-electron chi connectivity index (χ3n) is 12.0. The molecule has 11 heteroatoms. The number of carbonyl (C=O) groups is 4. The number of aryl methyl sites for hydroxylation is 1. The molecule has 0 amide bonds. The van der Waals surface area contributed by atoms with Gasteiger partial charge in [-0.3, -0.25) is 9.59 Å². The van der Waals surface area contributed by atoms with Gasteiger partial charge in [0, 0.05) is 35.9 Å². The number of rotatable bonds is 39. The zero-order valence-corrected chi connectivity index (χ0v) is 43.2. The van der Waals surface area contributed by atoms with Crippen LogP contribution in [0.5, 0.6) is 0 Å². The van der Waals surface area contributed by atoms with E-state index in [-0.39, 0.29) is 62.0 Å². The number of hydrogen-bond donors (Lipinski definition) is 1. The lowest BCUT2D eigenvalue weighted by molar-refractivity contribution is -0.671. The highest BCUT2D eigenvalue weighted by Gasteiger charge is 2.39. The van der Waals surface area contributed by atoms with Crippen LogP contribution in [0.1, 0.15) is 232 Å². The van der Waals surface area contributed by atoms with Crippen molar-refractivity contribution in [3.8, 4) is 0 Å². The van der Waals surface area contributed by atoms with Gasteiger partial charge in [-0.05, 0) is 45.6 Å². The second-order valence-corrected chi connectivity index (χ2v) is 17.8. The van der Waals surface area contributed by atoms with E-state index in [1.807, 2.05) is 36.1 Å². The van der Waals surface area contributed by atoms with Crippen LogP contribution in [0.4, 0.5) is 0 Å². The number of aromatic nitrogens is 1.